The Morgan fingerprint density at radius 1 is 1.00 bits per heavy atom. The van der Waals surface area contributed by atoms with Crippen LogP contribution in [0.5, 0.6) is 0 Å². The van der Waals surface area contributed by atoms with Crippen LogP contribution in [0.1, 0.15) is 0 Å². The highest BCUT2D eigenvalue weighted by Gasteiger charge is 2.21. The average Bonchev–Trinajstić information content (AvgIpc) is 2.68. The van der Waals surface area contributed by atoms with Crippen molar-refractivity contribution in [3.8, 4) is 0 Å². The molecule has 1 aromatic heterocycles. The molecule has 0 atom stereocenters. The predicted molar refractivity (Wildman–Crippen MR) is 108 cm³/mol. The summed E-state index contributed by atoms with van der Waals surface area (Å²) in [5, 5.41) is 0.942. The van der Waals surface area contributed by atoms with E-state index in [-0.39, 0.29) is 4.90 Å². The zero-order valence-corrected chi connectivity index (χ0v) is 16.3. The number of hydrogen-bond donors (Lipinski definition) is 1. The fraction of sp³-hybridized carbons (Fsp3) is 0.211. The molecule has 0 spiro atoms. The Kier molecular flexibility index (Phi) is 5.01. The number of fused-ring (bicyclic) bond motifs is 1. The van der Waals surface area contributed by atoms with E-state index in [1.807, 2.05) is 4.90 Å². The summed E-state index contributed by atoms with van der Waals surface area (Å²) >= 11 is 6.10. The monoisotopic (exact) mass is 420 g/mol. The standard InChI is InChI=1S/C19H17ClN2O5S/c20-14-2-4-17(22-7-9-26-10-8-22)16(12-14)21-28(24,25)15-3-5-18-13(11-15)1-6-19(23)27-18/h1-6,11-12,21H,7-10H2. The molecule has 2 heterocycles. The van der Waals surface area contributed by atoms with Gasteiger partial charge in [0, 0.05) is 29.6 Å². The van der Waals surface area contributed by atoms with Crippen LogP contribution >= 0.6 is 11.6 Å². The average molecular weight is 421 g/mol. The van der Waals surface area contributed by atoms with E-state index >= 15 is 0 Å². The van der Waals surface area contributed by atoms with Crippen LogP contribution < -0.4 is 15.2 Å². The van der Waals surface area contributed by atoms with Gasteiger partial charge in [0.1, 0.15) is 5.58 Å². The molecule has 146 valence electrons. The lowest BCUT2D eigenvalue weighted by molar-refractivity contribution is 0.123. The summed E-state index contributed by atoms with van der Waals surface area (Å²) in [4.78, 5) is 13.4. The van der Waals surface area contributed by atoms with E-state index in [1.54, 1.807) is 18.2 Å². The molecular weight excluding hydrogens is 404 g/mol. The SMILES string of the molecule is O=c1ccc2cc(S(=O)(=O)Nc3cc(Cl)ccc3N3CCOCC3)ccc2o1. The molecule has 0 amide bonds. The third-order valence-corrected chi connectivity index (χ3v) is 6.05. The van der Waals surface area contributed by atoms with E-state index in [4.69, 9.17) is 20.8 Å². The Morgan fingerprint density at radius 2 is 1.79 bits per heavy atom. The maximum absolute atomic E-state index is 13.0. The van der Waals surface area contributed by atoms with Crippen LogP contribution in [-0.2, 0) is 14.8 Å². The van der Waals surface area contributed by atoms with E-state index < -0.39 is 15.6 Å². The number of ether oxygens (including phenoxy) is 1. The van der Waals surface area contributed by atoms with Gasteiger partial charge in [-0.05, 0) is 42.5 Å². The number of hydrogen-bond acceptors (Lipinski definition) is 6. The van der Waals surface area contributed by atoms with Gasteiger partial charge in [-0.15, -0.1) is 0 Å². The van der Waals surface area contributed by atoms with Crippen LogP contribution in [0.15, 0.2) is 62.6 Å². The molecule has 1 aliphatic rings. The van der Waals surface area contributed by atoms with Crippen LogP contribution in [0.3, 0.4) is 0 Å². The summed E-state index contributed by atoms with van der Waals surface area (Å²) in [7, 11) is -3.88. The minimum Gasteiger partial charge on any atom is -0.423 e. The summed E-state index contributed by atoms with van der Waals surface area (Å²) in [5.74, 6) is 0. The topological polar surface area (TPSA) is 88.9 Å². The summed E-state index contributed by atoms with van der Waals surface area (Å²) in [6, 6.07) is 12.2. The second kappa shape index (κ2) is 7.46. The molecule has 9 heteroatoms. The van der Waals surface area contributed by atoms with Crippen molar-refractivity contribution in [2.75, 3.05) is 35.9 Å². The van der Waals surface area contributed by atoms with Crippen molar-refractivity contribution >= 4 is 44.0 Å². The second-order valence-corrected chi connectivity index (χ2v) is 8.44. The molecule has 0 radical (unpaired) electrons. The van der Waals surface area contributed by atoms with Gasteiger partial charge in [0.25, 0.3) is 10.0 Å². The van der Waals surface area contributed by atoms with Gasteiger partial charge in [0.2, 0.25) is 0 Å². The van der Waals surface area contributed by atoms with Gasteiger partial charge in [-0.2, -0.15) is 0 Å². The first kappa shape index (κ1) is 18.8. The van der Waals surface area contributed by atoms with E-state index in [9.17, 15) is 13.2 Å². The quantitative estimate of drug-likeness (QED) is 0.652. The number of nitrogens with zero attached hydrogens (tertiary/aromatic N) is 1. The van der Waals surface area contributed by atoms with E-state index in [1.165, 1.54) is 30.3 Å². The van der Waals surface area contributed by atoms with Crippen LogP contribution in [0.4, 0.5) is 11.4 Å². The summed E-state index contributed by atoms with van der Waals surface area (Å²) in [6.45, 7) is 2.46. The summed E-state index contributed by atoms with van der Waals surface area (Å²) in [5.41, 5.74) is 0.968. The molecule has 7 nitrogen and oxygen atoms in total. The third-order valence-electron chi connectivity index (χ3n) is 4.46. The molecule has 1 N–H and O–H groups in total. The first-order valence-corrected chi connectivity index (χ1v) is 10.5. The van der Waals surface area contributed by atoms with Crippen molar-refractivity contribution < 1.29 is 17.6 Å². The minimum atomic E-state index is -3.88. The maximum Gasteiger partial charge on any atom is 0.336 e. The number of halogens is 1. The van der Waals surface area contributed by atoms with Crippen molar-refractivity contribution in [2.24, 2.45) is 0 Å². The highest BCUT2D eigenvalue weighted by molar-refractivity contribution is 7.92. The molecule has 3 aromatic rings. The first-order chi connectivity index (χ1) is 13.4. The smallest absolute Gasteiger partial charge is 0.336 e. The molecule has 0 bridgehead atoms. The molecular formula is C19H17ClN2O5S. The van der Waals surface area contributed by atoms with Gasteiger partial charge >= 0.3 is 5.63 Å². The second-order valence-electron chi connectivity index (χ2n) is 6.32. The Hall–Kier alpha value is -2.55. The number of rotatable bonds is 4. The van der Waals surface area contributed by atoms with E-state index in [0.717, 1.165) is 5.69 Å². The maximum atomic E-state index is 13.0. The molecule has 0 saturated carbocycles. The van der Waals surface area contributed by atoms with Crippen LogP contribution in [0.25, 0.3) is 11.0 Å². The number of benzene rings is 2. The number of morpholine rings is 1. The van der Waals surface area contributed by atoms with Gasteiger partial charge < -0.3 is 14.1 Å². The summed E-state index contributed by atoms with van der Waals surface area (Å²) in [6.07, 6.45) is 0. The van der Waals surface area contributed by atoms with Crippen LogP contribution in [-0.4, -0.2) is 34.7 Å². The van der Waals surface area contributed by atoms with Crippen molar-refractivity contribution in [3.63, 3.8) is 0 Å². The van der Waals surface area contributed by atoms with Gasteiger partial charge in [-0.3, -0.25) is 4.72 Å². The highest BCUT2D eigenvalue weighted by atomic mass is 35.5. The number of anilines is 2. The molecule has 0 unspecified atom stereocenters. The van der Waals surface area contributed by atoms with Gasteiger partial charge in [-0.1, -0.05) is 11.6 Å². The van der Waals surface area contributed by atoms with E-state index in [2.05, 4.69) is 4.72 Å². The van der Waals surface area contributed by atoms with Crippen molar-refractivity contribution in [2.45, 2.75) is 4.90 Å². The number of nitrogens with one attached hydrogen (secondary N) is 1. The van der Waals surface area contributed by atoms with Crippen LogP contribution in [0.2, 0.25) is 5.02 Å². The zero-order chi connectivity index (χ0) is 19.7. The lowest BCUT2D eigenvalue weighted by Crippen LogP contribution is -2.36. The lowest BCUT2D eigenvalue weighted by Gasteiger charge is -2.30. The lowest BCUT2D eigenvalue weighted by atomic mass is 10.2. The third kappa shape index (κ3) is 3.84. The van der Waals surface area contributed by atoms with Crippen molar-refractivity contribution in [1.29, 1.82) is 0 Å². The predicted octanol–water partition coefficient (Wildman–Crippen LogP) is 3.08. The Balaban J connectivity index is 1.70. The minimum absolute atomic E-state index is 0.0572. The Morgan fingerprint density at radius 3 is 2.57 bits per heavy atom. The zero-order valence-electron chi connectivity index (χ0n) is 14.7. The van der Waals surface area contributed by atoms with Gasteiger partial charge in [-0.25, -0.2) is 13.2 Å². The van der Waals surface area contributed by atoms with Crippen molar-refractivity contribution in [3.05, 3.63) is 64.0 Å². The normalized spacial score (nSPS) is 15.0. The van der Waals surface area contributed by atoms with Crippen LogP contribution in [0, 0.1) is 0 Å². The molecule has 2 aromatic carbocycles. The molecule has 1 saturated heterocycles. The molecule has 1 fully saturated rings. The fourth-order valence-corrected chi connectivity index (χ4v) is 4.36. The molecule has 0 aliphatic carbocycles. The van der Waals surface area contributed by atoms with Gasteiger partial charge in [0.05, 0.1) is 29.5 Å². The molecule has 4 rings (SSSR count). The Labute approximate surface area is 166 Å². The number of sulfonamides is 1. The highest BCUT2D eigenvalue weighted by Crippen LogP contribution is 2.32. The van der Waals surface area contributed by atoms with Gasteiger partial charge in [0.15, 0.2) is 0 Å². The first-order valence-electron chi connectivity index (χ1n) is 8.61. The van der Waals surface area contributed by atoms with Crippen molar-refractivity contribution in [1.82, 2.24) is 0 Å². The Bertz CT molecular complexity index is 1190. The molecule has 28 heavy (non-hydrogen) atoms. The summed E-state index contributed by atoms with van der Waals surface area (Å²) < 4.78 is 39.0. The van der Waals surface area contributed by atoms with E-state index in [0.29, 0.717) is 48.0 Å². The fourth-order valence-electron chi connectivity index (χ4n) is 3.09. The molecule has 1 aliphatic heterocycles. The largest absolute Gasteiger partial charge is 0.423 e.